The van der Waals surface area contributed by atoms with E-state index < -0.39 is 7.25 Å². The minimum atomic E-state index is -6.00. The van der Waals surface area contributed by atoms with Gasteiger partial charge in [-0.1, -0.05) is 20.8 Å². The van der Waals surface area contributed by atoms with Crippen LogP contribution >= 0.6 is 22.9 Å². The molecule has 7 heteroatoms. The van der Waals surface area contributed by atoms with Crippen molar-refractivity contribution in [1.29, 1.82) is 0 Å². The van der Waals surface area contributed by atoms with Crippen molar-refractivity contribution in [1.82, 2.24) is 0 Å². The molecule has 14 heavy (non-hydrogen) atoms. The van der Waals surface area contributed by atoms with Crippen molar-refractivity contribution in [2.45, 2.75) is 45.6 Å². The third-order valence-electron chi connectivity index (χ3n) is 2.34. The van der Waals surface area contributed by atoms with Crippen LogP contribution in [0.5, 0.6) is 0 Å². The van der Waals surface area contributed by atoms with E-state index in [9.17, 15) is 17.3 Å². The summed E-state index contributed by atoms with van der Waals surface area (Å²) < 4.78 is 41.3. The van der Waals surface area contributed by atoms with Gasteiger partial charge in [0, 0.05) is 0 Å². The van der Waals surface area contributed by atoms with Gasteiger partial charge >= 0.3 is 7.25 Å². The Balaban J connectivity index is 0. The van der Waals surface area contributed by atoms with Crippen molar-refractivity contribution in [3.8, 4) is 0 Å². The molecule has 0 aliphatic carbocycles. The van der Waals surface area contributed by atoms with Crippen LogP contribution in [-0.4, -0.2) is 12.8 Å². The molecule has 0 rings (SSSR count). The fourth-order valence-corrected chi connectivity index (χ4v) is 2.30. The van der Waals surface area contributed by atoms with Crippen molar-refractivity contribution in [2.24, 2.45) is 0 Å². The average Bonchev–Trinajstić information content (AvgIpc) is 2.07. The quantitative estimate of drug-likeness (QED) is 0.353. The molecular weight excluding hydrogens is 312 g/mol. The van der Waals surface area contributed by atoms with Crippen molar-refractivity contribution in [2.75, 3.05) is 0 Å². The molecule has 0 unspecified atom stereocenters. The zero-order valence-electron chi connectivity index (χ0n) is 8.67. The Bertz CT molecular complexity index is 115. The predicted molar refractivity (Wildman–Crippen MR) is 59.7 cm³/mol. The molecule has 0 radical (unpaired) electrons. The van der Waals surface area contributed by atoms with Crippen LogP contribution in [0.3, 0.4) is 0 Å². The Kier molecular flexibility index (Phi) is 9.32. The third kappa shape index (κ3) is 10.6. The van der Waals surface area contributed by atoms with E-state index in [4.69, 9.17) is 0 Å². The van der Waals surface area contributed by atoms with Crippen molar-refractivity contribution < 1.29 is 20.8 Å². The second-order valence-corrected chi connectivity index (χ2v) is 3.65. The number of quaternary nitrogens is 1. The number of hydrogen-bond donors (Lipinski definition) is 1. The van der Waals surface area contributed by atoms with Gasteiger partial charge in [0.15, 0.2) is 0 Å². The van der Waals surface area contributed by atoms with E-state index in [-0.39, 0.29) is 0 Å². The molecule has 0 atom stereocenters. The lowest BCUT2D eigenvalue weighted by atomic mass is 9.92. The van der Waals surface area contributed by atoms with E-state index in [2.05, 4.69) is 47.2 Å². The Morgan fingerprint density at radius 1 is 1.00 bits per heavy atom. The molecule has 1 nitrogen and oxygen atoms in total. The molecule has 0 fully saturated rings. The summed E-state index contributed by atoms with van der Waals surface area (Å²) in [6, 6.07) is 0. The first-order chi connectivity index (χ1) is 6.24. The van der Waals surface area contributed by atoms with Crippen molar-refractivity contribution >= 4 is 30.1 Å². The molecule has 0 aromatic carbocycles. The van der Waals surface area contributed by atoms with Crippen LogP contribution in [0.4, 0.5) is 17.3 Å². The molecule has 0 aliphatic rings. The van der Waals surface area contributed by atoms with Crippen molar-refractivity contribution in [3.05, 3.63) is 0 Å². The summed E-state index contributed by atoms with van der Waals surface area (Å²) in [6.07, 6.45) is 3.84. The molecule has 2 N–H and O–H groups in total. The summed E-state index contributed by atoms with van der Waals surface area (Å²) in [5, 5.41) is 0. The normalized spacial score (nSPS) is 12.0. The van der Waals surface area contributed by atoms with Crippen LogP contribution in [0.15, 0.2) is 0 Å². The molecule has 0 saturated carbocycles. The van der Waals surface area contributed by atoms with E-state index in [1.54, 1.807) is 0 Å². The van der Waals surface area contributed by atoms with E-state index in [1.165, 1.54) is 19.3 Å². The van der Waals surface area contributed by atoms with E-state index in [0.29, 0.717) is 5.54 Å². The molecule has 0 bridgehead atoms. The summed E-state index contributed by atoms with van der Waals surface area (Å²) in [4.78, 5) is 0. The summed E-state index contributed by atoms with van der Waals surface area (Å²) in [5.41, 5.74) is 0.528. The number of rotatable bonds is 4. The van der Waals surface area contributed by atoms with Gasteiger partial charge in [-0.2, -0.15) is 0 Å². The fourth-order valence-electron chi connectivity index (χ4n) is 0.981. The molecule has 0 spiro atoms. The Morgan fingerprint density at radius 3 is 1.21 bits per heavy atom. The van der Waals surface area contributed by atoms with Crippen LogP contribution < -0.4 is 3.53 Å². The van der Waals surface area contributed by atoms with Crippen LogP contribution in [-0.2, 0) is 0 Å². The van der Waals surface area contributed by atoms with Gasteiger partial charge in [0.25, 0.3) is 0 Å². The van der Waals surface area contributed by atoms with Crippen LogP contribution in [0.2, 0.25) is 0 Å². The van der Waals surface area contributed by atoms with Gasteiger partial charge in [-0.05, 0) is 19.3 Å². The summed E-state index contributed by atoms with van der Waals surface area (Å²) in [7, 11) is -6.00. The van der Waals surface area contributed by atoms with E-state index in [0.717, 1.165) is 0 Å². The smallest absolute Gasteiger partial charge is 0.418 e. The Labute approximate surface area is 96.6 Å². The zero-order chi connectivity index (χ0) is 11.8. The Morgan fingerprint density at radius 2 is 1.21 bits per heavy atom. The van der Waals surface area contributed by atoms with Crippen LogP contribution in [0, 0.1) is 0 Å². The highest BCUT2D eigenvalue weighted by molar-refractivity contribution is 14.1. The first-order valence-corrected chi connectivity index (χ1v) is 5.81. The Hall–Kier alpha value is 0.475. The highest BCUT2D eigenvalue weighted by Crippen LogP contribution is 2.13. The van der Waals surface area contributed by atoms with Gasteiger partial charge in [-0.15, -0.1) is 0 Å². The lowest BCUT2D eigenvalue weighted by molar-refractivity contribution is -0.532. The maximum Gasteiger partial charge on any atom is 0.673 e. The molecule has 0 aromatic heterocycles. The monoisotopic (exact) mass is 329 g/mol. The van der Waals surface area contributed by atoms with Gasteiger partial charge in [-0.25, -0.2) is 0 Å². The second-order valence-electron chi connectivity index (χ2n) is 3.03. The number of halogens is 5. The predicted octanol–water partition coefficient (Wildman–Crippen LogP) is 3.17. The van der Waals surface area contributed by atoms with Gasteiger partial charge in [0.1, 0.15) is 5.54 Å². The van der Waals surface area contributed by atoms with Gasteiger partial charge in [0.05, 0.1) is 0 Å². The first kappa shape index (κ1) is 16.9. The van der Waals surface area contributed by atoms with Crippen molar-refractivity contribution in [3.63, 3.8) is 0 Å². The highest BCUT2D eigenvalue weighted by atomic mass is 127. The molecule has 88 valence electrons. The second kappa shape index (κ2) is 7.73. The number of nitrogens with two attached hydrogens (primary N) is 1. The van der Waals surface area contributed by atoms with Crippen LogP contribution in [0.25, 0.3) is 0 Å². The standard InChI is InChI=1S/C7H16IN.BF4/c1-4-7(5-2,6-3)9-8;2-1(3,4)5/h9H,4-6H2,1-3H3;/q;-1/p+1. The summed E-state index contributed by atoms with van der Waals surface area (Å²) >= 11 is 2.38. The molecular formula is C7H17BF4IN. The summed E-state index contributed by atoms with van der Waals surface area (Å²) in [5.74, 6) is 0. The molecule has 0 amide bonds. The average molecular weight is 329 g/mol. The van der Waals surface area contributed by atoms with Gasteiger partial charge < -0.3 is 17.3 Å². The SMILES string of the molecule is CCC(CC)(CC)[NH2+]I.F[B-](F)(F)F. The largest absolute Gasteiger partial charge is 0.673 e. The van der Waals surface area contributed by atoms with Crippen LogP contribution in [0.1, 0.15) is 40.0 Å². The maximum atomic E-state index is 9.75. The molecule has 0 aliphatic heterocycles. The summed E-state index contributed by atoms with van der Waals surface area (Å²) in [6.45, 7) is 6.80. The highest BCUT2D eigenvalue weighted by Gasteiger charge is 2.25. The molecule has 0 heterocycles. The van der Waals surface area contributed by atoms with E-state index >= 15 is 0 Å². The minimum absolute atomic E-state index is 0.528. The lowest BCUT2D eigenvalue weighted by Gasteiger charge is -2.23. The van der Waals surface area contributed by atoms with E-state index in [1.807, 2.05) is 0 Å². The fraction of sp³-hybridized carbons (Fsp3) is 1.00. The third-order valence-corrected chi connectivity index (χ3v) is 3.67. The topological polar surface area (TPSA) is 16.6 Å². The molecule has 0 aromatic rings. The zero-order valence-corrected chi connectivity index (χ0v) is 10.8. The molecule has 0 saturated heterocycles. The first-order valence-electron chi connectivity index (χ1n) is 4.56. The minimum Gasteiger partial charge on any atom is -0.418 e. The van der Waals surface area contributed by atoms with Gasteiger partial charge in [0.2, 0.25) is 22.9 Å². The number of hydrogen-bond acceptors (Lipinski definition) is 0. The lowest BCUT2D eigenvalue weighted by Crippen LogP contribution is -2.86. The van der Waals surface area contributed by atoms with Gasteiger partial charge in [-0.3, -0.25) is 3.53 Å². The maximum absolute atomic E-state index is 9.75.